The molecule has 37 heavy (non-hydrogen) atoms. The first kappa shape index (κ1) is 32.0. The molecule has 2 rings (SSSR count). The highest BCUT2D eigenvalue weighted by Gasteiger charge is 2.34. The van der Waals surface area contributed by atoms with Gasteiger partial charge in [0.15, 0.2) is 0 Å². The molecule has 2 heterocycles. The highest BCUT2D eigenvalue weighted by Crippen LogP contribution is 2.51. The molecule has 0 amide bonds. The van der Waals surface area contributed by atoms with Crippen LogP contribution >= 0.6 is 7.60 Å². The van der Waals surface area contributed by atoms with Crippen molar-refractivity contribution in [3.63, 3.8) is 0 Å². The Labute approximate surface area is 223 Å². The number of ether oxygens (including phenoxy) is 2. The zero-order valence-corrected chi connectivity index (χ0v) is 23.8. The molecule has 1 saturated heterocycles. The molecule has 2 atom stereocenters. The lowest BCUT2D eigenvalue weighted by molar-refractivity contribution is -0.000660. The quantitative estimate of drug-likeness (QED) is 0.134. The molecule has 1 aromatic rings. The number of nitrogens with two attached hydrogens (primary N) is 1. The van der Waals surface area contributed by atoms with Crippen LogP contribution < -0.4 is 11.4 Å². The summed E-state index contributed by atoms with van der Waals surface area (Å²) in [7, 11) is -3.36. The van der Waals surface area contributed by atoms with E-state index in [0.717, 1.165) is 13.0 Å². The fourth-order valence-corrected chi connectivity index (χ4v) is 5.92. The third-order valence-corrected chi connectivity index (χ3v) is 8.22. The Morgan fingerprint density at radius 2 is 1.54 bits per heavy atom. The van der Waals surface area contributed by atoms with Crippen LogP contribution in [0.4, 0.5) is 5.82 Å². The Balaban J connectivity index is 1.39. The van der Waals surface area contributed by atoms with Gasteiger partial charge in [-0.1, -0.05) is 90.4 Å². The average Bonchev–Trinajstić information content (AvgIpc) is 2.87. The molecule has 0 spiro atoms. The summed E-state index contributed by atoms with van der Waals surface area (Å²) in [5.74, 6) is 0.155. The minimum atomic E-state index is -3.36. The van der Waals surface area contributed by atoms with Crippen LogP contribution in [0.3, 0.4) is 0 Å². The van der Waals surface area contributed by atoms with E-state index in [1.807, 2.05) is 0 Å². The molecule has 9 nitrogen and oxygen atoms in total. The van der Waals surface area contributed by atoms with Crippen LogP contribution in [0.5, 0.6) is 0 Å². The molecular formula is C27H50N3O6P. The van der Waals surface area contributed by atoms with E-state index in [0.29, 0.717) is 13.0 Å². The van der Waals surface area contributed by atoms with Crippen molar-refractivity contribution >= 4 is 13.4 Å². The number of anilines is 1. The summed E-state index contributed by atoms with van der Waals surface area (Å²) in [6, 6.07) is 1.53. The molecule has 0 aromatic carbocycles. The third kappa shape index (κ3) is 15.1. The maximum Gasteiger partial charge on any atom is 0.356 e. The van der Waals surface area contributed by atoms with Crippen LogP contribution in [-0.4, -0.2) is 48.4 Å². The van der Waals surface area contributed by atoms with Gasteiger partial charge in [-0.05, 0) is 18.9 Å². The maximum absolute atomic E-state index is 12.8. The molecule has 1 aliphatic heterocycles. The van der Waals surface area contributed by atoms with Gasteiger partial charge in [-0.25, -0.2) is 4.79 Å². The van der Waals surface area contributed by atoms with Crippen molar-refractivity contribution in [2.75, 3.05) is 38.5 Å². The second-order valence-corrected chi connectivity index (χ2v) is 12.0. The van der Waals surface area contributed by atoms with Gasteiger partial charge in [-0.3, -0.25) is 13.7 Å². The zero-order chi connectivity index (χ0) is 26.6. The smallest absolute Gasteiger partial charge is 0.356 e. The number of nitrogen functional groups attached to an aromatic ring is 1. The van der Waals surface area contributed by atoms with Crippen molar-refractivity contribution in [2.45, 2.75) is 116 Å². The first-order valence-electron chi connectivity index (χ1n) is 14.4. The second kappa shape index (κ2) is 19.8. The van der Waals surface area contributed by atoms with Crippen molar-refractivity contribution in [2.24, 2.45) is 0 Å². The van der Waals surface area contributed by atoms with Crippen LogP contribution in [0.15, 0.2) is 17.1 Å². The highest BCUT2D eigenvalue weighted by molar-refractivity contribution is 7.53. The van der Waals surface area contributed by atoms with E-state index in [1.165, 1.54) is 100 Å². The standard InChI is InChI=1S/C27H50N3O6P/c1-2-3-4-5-6-7-8-9-10-11-12-13-14-15-19-33-20-16-21-35-37(32)24-34-23-25(36-37)22-30-18-17-26(28)29-27(30)31/h17-18,25H,2-16,19-24H2,1H3,(H2,28,29,31). The van der Waals surface area contributed by atoms with Gasteiger partial charge in [-0.15, -0.1) is 0 Å². The van der Waals surface area contributed by atoms with E-state index in [1.54, 1.807) is 0 Å². The summed E-state index contributed by atoms with van der Waals surface area (Å²) >= 11 is 0. The predicted octanol–water partition coefficient (Wildman–Crippen LogP) is 6.30. The number of hydrogen-bond acceptors (Lipinski definition) is 8. The summed E-state index contributed by atoms with van der Waals surface area (Å²) in [5, 5.41) is 0. The summed E-state index contributed by atoms with van der Waals surface area (Å²) in [4.78, 5) is 15.6. The largest absolute Gasteiger partial charge is 0.383 e. The Bertz CT molecular complexity index is 822. The van der Waals surface area contributed by atoms with Gasteiger partial charge in [0.05, 0.1) is 19.8 Å². The number of nitrogens with zero attached hydrogens (tertiary/aromatic N) is 2. The highest BCUT2D eigenvalue weighted by atomic mass is 31.2. The summed E-state index contributed by atoms with van der Waals surface area (Å²) in [5.41, 5.74) is 5.02. The first-order valence-corrected chi connectivity index (χ1v) is 16.2. The fraction of sp³-hybridized carbons (Fsp3) is 0.852. The minimum absolute atomic E-state index is 0.0850. The van der Waals surface area contributed by atoms with Crippen LogP contribution in [0.2, 0.25) is 0 Å². The topological polar surface area (TPSA) is 115 Å². The zero-order valence-electron chi connectivity index (χ0n) is 22.9. The SMILES string of the molecule is CCCCCCCCCCCCCCCCOCCCOP1(=O)COCC(Cn2ccc(N)nc2=O)O1. The molecule has 214 valence electrons. The lowest BCUT2D eigenvalue weighted by Crippen LogP contribution is -2.35. The maximum atomic E-state index is 12.8. The van der Waals surface area contributed by atoms with Gasteiger partial charge in [0.25, 0.3) is 0 Å². The molecule has 0 bridgehead atoms. The Hall–Kier alpha value is -1.25. The van der Waals surface area contributed by atoms with Gasteiger partial charge < -0.3 is 19.7 Å². The van der Waals surface area contributed by atoms with Crippen molar-refractivity contribution in [1.29, 1.82) is 0 Å². The van der Waals surface area contributed by atoms with E-state index in [-0.39, 0.29) is 31.9 Å². The van der Waals surface area contributed by atoms with E-state index in [2.05, 4.69) is 11.9 Å². The minimum Gasteiger partial charge on any atom is -0.383 e. The van der Waals surface area contributed by atoms with Gasteiger partial charge in [-0.2, -0.15) is 4.98 Å². The van der Waals surface area contributed by atoms with Gasteiger partial charge in [0.2, 0.25) is 0 Å². The third-order valence-electron chi connectivity index (χ3n) is 6.52. The van der Waals surface area contributed by atoms with E-state index < -0.39 is 19.4 Å². The van der Waals surface area contributed by atoms with Gasteiger partial charge >= 0.3 is 13.3 Å². The fourth-order valence-electron chi connectivity index (χ4n) is 4.40. The van der Waals surface area contributed by atoms with Crippen molar-refractivity contribution in [1.82, 2.24) is 9.55 Å². The van der Waals surface area contributed by atoms with E-state index >= 15 is 0 Å². The van der Waals surface area contributed by atoms with E-state index in [9.17, 15) is 9.36 Å². The second-order valence-electron chi connectivity index (χ2n) is 10.0. The summed E-state index contributed by atoms with van der Waals surface area (Å²) in [6.45, 7) is 4.26. The molecule has 2 unspecified atom stereocenters. The van der Waals surface area contributed by atoms with Crippen molar-refractivity contribution in [3.05, 3.63) is 22.7 Å². The number of hydrogen-bond donors (Lipinski definition) is 1. The number of unbranched alkanes of at least 4 members (excludes halogenated alkanes) is 13. The molecule has 0 saturated carbocycles. The summed E-state index contributed by atoms with van der Waals surface area (Å²) < 4.78 is 36.5. The molecule has 1 aliphatic rings. The lowest BCUT2D eigenvalue weighted by Gasteiger charge is -2.29. The average molecular weight is 544 g/mol. The van der Waals surface area contributed by atoms with Crippen LogP contribution in [0.1, 0.15) is 103 Å². The monoisotopic (exact) mass is 543 g/mol. The first-order chi connectivity index (χ1) is 18.0. The summed E-state index contributed by atoms with van der Waals surface area (Å²) in [6.07, 6.45) is 20.3. The molecule has 0 radical (unpaired) electrons. The van der Waals surface area contributed by atoms with Crippen LogP contribution in [0.25, 0.3) is 0 Å². The molecule has 0 aliphatic carbocycles. The van der Waals surface area contributed by atoms with Gasteiger partial charge in [0.1, 0.15) is 18.3 Å². The lowest BCUT2D eigenvalue weighted by atomic mass is 10.0. The molecule has 10 heteroatoms. The molecule has 2 N–H and O–H groups in total. The van der Waals surface area contributed by atoms with Gasteiger partial charge in [0, 0.05) is 19.4 Å². The predicted molar refractivity (Wildman–Crippen MR) is 148 cm³/mol. The van der Waals surface area contributed by atoms with Crippen molar-refractivity contribution in [3.8, 4) is 0 Å². The number of rotatable bonds is 22. The Morgan fingerprint density at radius 3 is 2.16 bits per heavy atom. The molecular weight excluding hydrogens is 493 g/mol. The molecule has 1 aromatic heterocycles. The number of aromatic nitrogens is 2. The van der Waals surface area contributed by atoms with Crippen LogP contribution in [-0.2, 0) is 29.6 Å². The van der Waals surface area contributed by atoms with Crippen LogP contribution in [0, 0.1) is 0 Å². The Morgan fingerprint density at radius 1 is 0.946 bits per heavy atom. The van der Waals surface area contributed by atoms with E-state index in [4.69, 9.17) is 24.3 Å². The normalized spacial score (nSPS) is 19.9. The Kier molecular flexibility index (Phi) is 17.1. The van der Waals surface area contributed by atoms with Crippen molar-refractivity contribution < 1.29 is 23.1 Å². The molecule has 1 fully saturated rings.